The van der Waals surface area contributed by atoms with E-state index in [2.05, 4.69) is 11.3 Å². The molecule has 3 rings (SSSR count). The molecule has 2 aliphatic heterocycles. The van der Waals surface area contributed by atoms with Gasteiger partial charge in [0.2, 0.25) is 23.1 Å². The molecule has 2 bridgehead atoms. The van der Waals surface area contributed by atoms with Gasteiger partial charge in [-0.05, 0) is 49.5 Å². The average molecular weight is 689 g/mol. The van der Waals surface area contributed by atoms with Crippen LogP contribution >= 0.6 is 0 Å². The van der Waals surface area contributed by atoms with E-state index in [-0.39, 0.29) is 24.0 Å². The van der Waals surface area contributed by atoms with Crippen molar-refractivity contribution in [2.45, 2.75) is 102 Å². The summed E-state index contributed by atoms with van der Waals surface area (Å²) in [6.45, 7) is 13.2. The standard InChI is InChI=1S/C36H48O13/c1-8-20(2)18-21(3)14-15-26(38)47-29-28(39)34(17-16-22(4)27(24(6)37)23(5)19-25-12-10-9-11-13-25)48-30(31(40)46-7)35(45,32(41)42)36(29,49-34)33(43)44/h9-15,20-21,23,27-30,39,45H,4,8,16-19H2,1-3,5-7H3,(H,41,42)(H,43,44)/b15-14+/t20-,21+,23+,27+,28+,29+,30+,34-,35+,36-/m0/s1. The monoisotopic (exact) mass is 688 g/mol. The lowest BCUT2D eigenvalue weighted by molar-refractivity contribution is -0.374. The summed E-state index contributed by atoms with van der Waals surface area (Å²) in [7, 11) is 0.859. The van der Waals surface area contributed by atoms with Gasteiger partial charge in [-0.1, -0.05) is 82.7 Å². The molecule has 0 spiro atoms. The van der Waals surface area contributed by atoms with Crippen LogP contribution in [0.4, 0.5) is 0 Å². The number of carboxylic acids is 2. The number of carbonyl (C=O) groups is 5. The number of fused-ring (bicyclic) bond motifs is 2. The number of hydrogen-bond acceptors (Lipinski definition) is 11. The van der Waals surface area contributed by atoms with Crippen LogP contribution in [0.25, 0.3) is 0 Å². The fraction of sp³-hybridized carbons (Fsp3) is 0.583. The van der Waals surface area contributed by atoms with Gasteiger partial charge in [0.15, 0.2) is 6.10 Å². The first-order chi connectivity index (χ1) is 22.9. The van der Waals surface area contributed by atoms with Gasteiger partial charge in [0, 0.05) is 18.4 Å². The molecule has 2 heterocycles. The highest BCUT2D eigenvalue weighted by atomic mass is 16.8. The molecule has 0 saturated carbocycles. The number of aliphatic hydroxyl groups excluding tert-OH is 1. The summed E-state index contributed by atoms with van der Waals surface area (Å²) < 4.78 is 21.6. The van der Waals surface area contributed by atoms with Crippen LogP contribution in [-0.4, -0.2) is 92.5 Å². The Balaban J connectivity index is 2.04. The number of aliphatic hydroxyl groups is 2. The van der Waals surface area contributed by atoms with Crippen molar-refractivity contribution in [2.24, 2.45) is 23.7 Å². The Bertz CT molecular complexity index is 1440. The lowest BCUT2D eigenvalue weighted by atomic mass is 9.74. The van der Waals surface area contributed by atoms with Crippen LogP contribution in [0.3, 0.4) is 0 Å². The fourth-order valence-corrected chi connectivity index (χ4v) is 7.01. The molecule has 2 aliphatic rings. The largest absolute Gasteiger partial charge is 0.479 e. The van der Waals surface area contributed by atoms with Gasteiger partial charge in [-0.15, -0.1) is 0 Å². The molecule has 1 aromatic carbocycles. The Morgan fingerprint density at radius 2 is 1.69 bits per heavy atom. The van der Waals surface area contributed by atoms with Gasteiger partial charge >= 0.3 is 23.9 Å². The summed E-state index contributed by atoms with van der Waals surface area (Å²) in [5.41, 5.74) is -5.87. The van der Waals surface area contributed by atoms with Crippen LogP contribution in [0, 0.1) is 23.7 Å². The van der Waals surface area contributed by atoms with E-state index in [1.54, 1.807) is 0 Å². The number of ether oxygens (including phenoxy) is 4. The third-order valence-corrected chi connectivity index (χ3v) is 9.71. The number of carboxylic acid groups (broad SMARTS) is 2. The third kappa shape index (κ3) is 7.64. The minimum absolute atomic E-state index is 0.0984. The first-order valence-electron chi connectivity index (χ1n) is 16.4. The van der Waals surface area contributed by atoms with Crippen molar-refractivity contribution in [3.8, 4) is 0 Å². The van der Waals surface area contributed by atoms with Crippen molar-refractivity contribution in [2.75, 3.05) is 7.11 Å². The number of aliphatic carboxylic acids is 2. The van der Waals surface area contributed by atoms with Gasteiger partial charge in [0.1, 0.15) is 11.9 Å². The van der Waals surface area contributed by atoms with Gasteiger partial charge < -0.3 is 39.4 Å². The highest BCUT2D eigenvalue weighted by Gasteiger charge is 2.86. The fourth-order valence-electron chi connectivity index (χ4n) is 7.01. The number of benzene rings is 1. The quantitative estimate of drug-likeness (QED) is 0.106. The van der Waals surface area contributed by atoms with E-state index in [0.717, 1.165) is 31.6 Å². The Labute approximate surface area is 285 Å². The Morgan fingerprint density at radius 1 is 1.06 bits per heavy atom. The third-order valence-electron chi connectivity index (χ3n) is 9.71. The second-order valence-corrected chi connectivity index (χ2v) is 13.3. The second kappa shape index (κ2) is 15.8. The van der Waals surface area contributed by atoms with E-state index in [4.69, 9.17) is 14.2 Å². The number of hydrogen-bond donors (Lipinski definition) is 4. The predicted octanol–water partition coefficient (Wildman–Crippen LogP) is 3.25. The van der Waals surface area contributed by atoms with Crippen molar-refractivity contribution in [1.29, 1.82) is 0 Å². The van der Waals surface area contributed by atoms with Crippen LogP contribution in [0.15, 0.2) is 54.6 Å². The molecule has 4 N–H and O–H groups in total. The molecule has 270 valence electrons. The molecule has 49 heavy (non-hydrogen) atoms. The normalized spacial score (nSPS) is 30.2. The van der Waals surface area contributed by atoms with E-state index < -0.39 is 71.5 Å². The molecule has 10 atom stereocenters. The molecular formula is C36H48O13. The maximum atomic E-state index is 13.1. The zero-order chi connectivity index (χ0) is 36.9. The number of Topliss-reactive ketones (excluding diaryl/α,β-unsaturated/α-hetero) is 1. The summed E-state index contributed by atoms with van der Waals surface area (Å²) in [6.07, 6.45) is -3.16. The summed E-state index contributed by atoms with van der Waals surface area (Å²) in [6, 6.07) is 9.44. The van der Waals surface area contributed by atoms with Crippen LogP contribution < -0.4 is 0 Å². The summed E-state index contributed by atoms with van der Waals surface area (Å²) in [5, 5.41) is 44.1. The maximum Gasteiger partial charge on any atom is 0.344 e. The minimum atomic E-state index is -3.76. The molecule has 0 aliphatic carbocycles. The van der Waals surface area contributed by atoms with Crippen molar-refractivity contribution in [3.05, 3.63) is 60.2 Å². The highest BCUT2D eigenvalue weighted by Crippen LogP contribution is 2.56. The predicted molar refractivity (Wildman–Crippen MR) is 174 cm³/mol. The van der Waals surface area contributed by atoms with E-state index in [1.807, 2.05) is 58.0 Å². The second-order valence-electron chi connectivity index (χ2n) is 13.3. The van der Waals surface area contributed by atoms with Crippen LogP contribution in [0.5, 0.6) is 0 Å². The molecule has 0 amide bonds. The molecule has 13 heteroatoms. The van der Waals surface area contributed by atoms with Crippen molar-refractivity contribution < 1.29 is 63.3 Å². The number of allylic oxidation sites excluding steroid dienone is 2. The van der Waals surface area contributed by atoms with Gasteiger partial charge in [-0.2, -0.15) is 0 Å². The number of ketones is 1. The van der Waals surface area contributed by atoms with Gasteiger partial charge in [-0.25, -0.2) is 19.2 Å². The number of esters is 2. The van der Waals surface area contributed by atoms with Gasteiger partial charge in [-0.3, -0.25) is 4.79 Å². The Morgan fingerprint density at radius 3 is 2.22 bits per heavy atom. The summed E-state index contributed by atoms with van der Waals surface area (Å²) in [4.78, 5) is 64.6. The molecule has 0 unspecified atom stereocenters. The lowest BCUT2D eigenvalue weighted by Gasteiger charge is -2.49. The first kappa shape index (κ1) is 39.5. The van der Waals surface area contributed by atoms with E-state index in [9.17, 15) is 44.4 Å². The number of rotatable bonds is 17. The van der Waals surface area contributed by atoms with Crippen molar-refractivity contribution in [1.82, 2.24) is 0 Å². The Hall–Kier alpha value is -3.91. The van der Waals surface area contributed by atoms with Crippen molar-refractivity contribution >= 4 is 29.7 Å². The molecule has 13 nitrogen and oxygen atoms in total. The molecule has 1 aromatic rings. The SMILES string of the molecule is C=C(CC[C@]12O[C@H](C(=O)OC)[C@@](O)(C(=O)O)[C@](C(=O)O)(O1)[C@H](OC(=O)/C=C/[C@@H](C)C[C@@H](C)CC)[C@H]2O)[C@@H](C(C)=O)[C@H](C)Cc1ccccc1. The molecular weight excluding hydrogens is 640 g/mol. The van der Waals surface area contributed by atoms with Crippen molar-refractivity contribution in [3.63, 3.8) is 0 Å². The zero-order valence-corrected chi connectivity index (χ0v) is 28.8. The zero-order valence-electron chi connectivity index (χ0n) is 28.8. The van der Waals surface area contributed by atoms with Gasteiger partial charge in [0.25, 0.3) is 0 Å². The molecule has 0 radical (unpaired) electrons. The van der Waals surface area contributed by atoms with Crippen LogP contribution in [0.1, 0.15) is 65.9 Å². The van der Waals surface area contributed by atoms with E-state index in [1.165, 1.54) is 13.0 Å². The lowest BCUT2D eigenvalue weighted by Crippen LogP contribution is -2.78. The van der Waals surface area contributed by atoms with E-state index >= 15 is 0 Å². The molecule has 2 saturated heterocycles. The molecule has 2 fully saturated rings. The number of methoxy groups -OCH3 is 1. The van der Waals surface area contributed by atoms with Crippen LogP contribution in [-0.2, 0) is 49.3 Å². The topological polar surface area (TPSA) is 203 Å². The molecule has 0 aromatic heterocycles. The van der Waals surface area contributed by atoms with E-state index in [0.29, 0.717) is 17.9 Å². The smallest absolute Gasteiger partial charge is 0.344 e. The minimum Gasteiger partial charge on any atom is -0.479 e. The Kier molecular flexibility index (Phi) is 12.7. The maximum absolute atomic E-state index is 13.1. The first-order valence-corrected chi connectivity index (χ1v) is 16.4. The number of carbonyl (C=O) groups excluding carboxylic acids is 3. The highest BCUT2D eigenvalue weighted by molar-refractivity contribution is 5.98. The van der Waals surface area contributed by atoms with Gasteiger partial charge in [0.05, 0.1) is 7.11 Å². The van der Waals surface area contributed by atoms with Crippen LogP contribution in [0.2, 0.25) is 0 Å². The summed E-state index contributed by atoms with van der Waals surface area (Å²) >= 11 is 0. The average Bonchev–Trinajstić information content (AvgIpc) is 3.26. The summed E-state index contributed by atoms with van der Waals surface area (Å²) in [5.74, 6) is -10.5.